The molecule has 9 heteroatoms. The van der Waals surface area contributed by atoms with Crippen LogP contribution in [-0.2, 0) is 14.8 Å². The smallest absolute Gasteiger partial charge is 0.262 e. The van der Waals surface area contributed by atoms with Gasteiger partial charge in [0.2, 0.25) is 15.9 Å². The van der Waals surface area contributed by atoms with Crippen molar-refractivity contribution in [2.75, 3.05) is 19.0 Å². The molecule has 1 amide bonds. The van der Waals surface area contributed by atoms with Crippen molar-refractivity contribution in [1.29, 1.82) is 0 Å². The number of amides is 1. The molecule has 2 aromatic carbocycles. The molecule has 0 bridgehead atoms. The van der Waals surface area contributed by atoms with E-state index in [0.29, 0.717) is 16.8 Å². The van der Waals surface area contributed by atoms with Crippen molar-refractivity contribution in [1.82, 2.24) is 14.3 Å². The Labute approximate surface area is 187 Å². The summed E-state index contributed by atoms with van der Waals surface area (Å²) < 4.78 is 33.6. The van der Waals surface area contributed by atoms with E-state index in [0.717, 1.165) is 32.1 Å². The van der Waals surface area contributed by atoms with Crippen LogP contribution in [0.5, 0.6) is 5.88 Å². The van der Waals surface area contributed by atoms with Crippen molar-refractivity contribution in [2.24, 2.45) is 0 Å². The van der Waals surface area contributed by atoms with Crippen molar-refractivity contribution in [3.63, 3.8) is 0 Å². The molecule has 3 aromatic rings. The number of carbonyl (C=O) groups is 1. The van der Waals surface area contributed by atoms with Gasteiger partial charge in [-0.2, -0.15) is 4.31 Å². The van der Waals surface area contributed by atoms with Crippen LogP contribution < -0.4 is 10.1 Å². The highest BCUT2D eigenvalue weighted by Crippen LogP contribution is 2.30. The second-order valence-corrected chi connectivity index (χ2v) is 9.81. The molecule has 0 radical (unpaired) electrons. The van der Waals surface area contributed by atoms with Crippen LogP contribution in [0.25, 0.3) is 10.9 Å². The molecule has 0 unspecified atom stereocenters. The molecule has 1 aliphatic rings. The maximum Gasteiger partial charge on any atom is 0.262 e. The molecule has 0 aliphatic heterocycles. The molecule has 0 spiro atoms. The van der Waals surface area contributed by atoms with Gasteiger partial charge in [0.25, 0.3) is 5.91 Å². The minimum Gasteiger partial charge on any atom is -0.467 e. The van der Waals surface area contributed by atoms with E-state index < -0.39 is 15.9 Å². The van der Waals surface area contributed by atoms with Crippen LogP contribution in [0.1, 0.15) is 32.1 Å². The number of hydrogen-bond donors (Lipinski definition) is 1. The van der Waals surface area contributed by atoms with Crippen LogP contribution in [0.2, 0.25) is 0 Å². The van der Waals surface area contributed by atoms with Gasteiger partial charge in [-0.25, -0.2) is 18.4 Å². The number of carbonyl (C=O) groups excluding carboxylic acids is 1. The summed E-state index contributed by atoms with van der Waals surface area (Å²) in [4.78, 5) is 20.9. The Morgan fingerprint density at radius 2 is 1.78 bits per heavy atom. The summed E-state index contributed by atoms with van der Waals surface area (Å²) in [6.45, 7) is -0.312. The largest absolute Gasteiger partial charge is 0.467 e. The van der Waals surface area contributed by atoms with E-state index in [4.69, 9.17) is 4.74 Å². The normalized spacial score (nSPS) is 15.1. The Balaban J connectivity index is 1.48. The third-order valence-corrected chi connectivity index (χ3v) is 7.72. The Morgan fingerprint density at radius 1 is 1.06 bits per heavy atom. The van der Waals surface area contributed by atoms with E-state index in [-0.39, 0.29) is 23.2 Å². The molecule has 1 saturated carbocycles. The van der Waals surface area contributed by atoms with Gasteiger partial charge >= 0.3 is 0 Å². The Morgan fingerprint density at radius 3 is 2.59 bits per heavy atom. The number of hydrogen-bond acceptors (Lipinski definition) is 6. The third kappa shape index (κ3) is 4.73. The lowest BCUT2D eigenvalue weighted by Gasteiger charge is -2.30. The fourth-order valence-corrected chi connectivity index (χ4v) is 5.57. The van der Waals surface area contributed by atoms with Crippen molar-refractivity contribution in [3.8, 4) is 5.88 Å². The molecule has 1 fully saturated rings. The highest BCUT2D eigenvalue weighted by Gasteiger charge is 2.31. The molecule has 8 nitrogen and oxygen atoms in total. The Kier molecular flexibility index (Phi) is 6.66. The predicted octanol–water partition coefficient (Wildman–Crippen LogP) is 3.60. The second kappa shape index (κ2) is 9.62. The molecule has 0 atom stereocenters. The fraction of sp³-hybridized carbons (Fsp3) is 0.348. The topological polar surface area (TPSA) is 101 Å². The molecule has 1 N–H and O–H groups in total. The summed E-state index contributed by atoms with van der Waals surface area (Å²) in [5, 5.41) is 3.37. The maximum absolute atomic E-state index is 13.3. The van der Waals surface area contributed by atoms with Crippen LogP contribution in [0.15, 0.2) is 59.8 Å². The maximum atomic E-state index is 13.3. The molecule has 168 valence electrons. The third-order valence-electron chi connectivity index (χ3n) is 5.75. The first-order chi connectivity index (χ1) is 15.5. The first-order valence-electron chi connectivity index (χ1n) is 10.7. The predicted molar refractivity (Wildman–Crippen MR) is 122 cm³/mol. The molecule has 4 rings (SSSR count). The molecule has 1 heterocycles. The number of benzene rings is 2. The van der Waals surface area contributed by atoms with Gasteiger partial charge in [0, 0.05) is 13.1 Å². The SMILES string of the molecule is CN(C1CCCCC1)S(=O)(=O)c1ccccc1NC(=O)COc1ncnc2ccccc12. The van der Waals surface area contributed by atoms with Gasteiger partial charge in [0.05, 0.1) is 16.6 Å². The van der Waals surface area contributed by atoms with E-state index in [1.165, 1.54) is 16.7 Å². The Bertz CT molecular complexity index is 1200. The molecular formula is C23H26N4O4S. The number of nitrogens with one attached hydrogen (secondary N) is 1. The van der Waals surface area contributed by atoms with Crippen LogP contribution in [0.4, 0.5) is 5.69 Å². The number of nitrogens with zero attached hydrogens (tertiary/aromatic N) is 3. The summed E-state index contributed by atoms with van der Waals surface area (Å²) in [7, 11) is -2.14. The quantitative estimate of drug-likeness (QED) is 0.585. The number of sulfonamides is 1. The van der Waals surface area contributed by atoms with E-state index in [1.54, 1.807) is 25.2 Å². The lowest BCUT2D eigenvalue weighted by molar-refractivity contribution is -0.118. The Hall–Kier alpha value is -3.04. The standard InChI is InChI=1S/C23H26N4O4S/c1-27(17-9-3-2-4-10-17)32(29,30)21-14-8-7-13-20(21)26-22(28)15-31-23-18-11-5-6-12-19(18)24-16-25-23/h5-8,11-14,16-17H,2-4,9-10,15H2,1H3,(H,26,28). The van der Waals surface area contributed by atoms with Crippen molar-refractivity contribution in [2.45, 2.75) is 43.0 Å². The molecule has 1 aromatic heterocycles. The number of aromatic nitrogens is 2. The highest BCUT2D eigenvalue weighted by molar-refractivity contribution is 7.89. The number of fused-ring (bicyclic) bond motifs is 1. The van der Waals surface area contributed by atoms with Crippen LogP contribution in [-0.4, -0.2) is 48.3 Å². The zero-order chi connectivity index (χ0) is 22.6. The van der Waals surface area contributed by atoms with E-state index in [2.05, 4.69) is 15.3 Å². The summed E-state index contributed by atoms with van der Waals surface area (Å²) in [5.74, 6) is -0.181. The zero-order valence-corrected chi connectivity index (χ0v) is 18.7. The van der Waals surface area contributed by atoms with Gasteiger partial charge in [0.1, 0.15) is 11.2 Å². The number of rotatable bonds is 7. The summed E-state index contributed by atoms with van der Waals surface area (Å²) >= 11 is 0. The number of anilines is 1. The monoisotopic (exact) mass is 454 g/mol. The average Bonchev–Trinajstić information content (AvgIpc) is 2.83. The van der Waals surface area contributed by atoms with E-state index in [1.807, 2.05) is 24.3 Å². The minimum absolute atomic E-state index is 0.0214. The van der Waals surface area contributed by atoms with Gasteiger partial charge < -0.3 is 10.1 Å². The van der Waals surface area contributed by atoms with E-state index >= 15 is 0 Å². The number of ether oxygens (including phenoxy) is 1. The summed E-state index contributed by atoms with van der Waals surface area (Å²) in [6.07, 6.45) is 6.27. The molecule has 32 heavy (non-hydrogen) atoms. The first kappa shape index (κ1) is 22.2. The average molecular weight is 455 g/mol. The first-order valence-corrected chi connectivity index (χ1v) is 12.1. The summed E-state index contributed by atoms with van der Waals surface area (Å²) in [6, 6.07) is 13.7. The lowest BCUT2D eigenvalue weighted by atomic mass is 9.96. The molecule has 0 saturated heterocycles. The van der Waals surface area contributed by atoms with Gasteiger partial charge in [0.15, 0.2) is 6.61 Å². The lowest BCUT2D eigenvalue weighted by Crippen LogP contribution is -2.38. The minimum atomic E-state index is -3.75. The fourth-order valence-electron chi connectivity index (χ4n) is 4.01. The summed E-state index contributed by atoms with van der Waals surface area (Å²) in [5.41, 5.74) is 0.941. The zero-order valence-electron chi connectivity index (χ0n) is 17.9. The van der Waals surface area contributed by atoms with Gasteiger partial charge in [-0.1, -0.05) is 43.5 Å². The highest BCUT2D eigenvalue weighted by atomic mass is 32.2. The molecule has 1 aliphatic carbocycles. The van der Waals surface area contributed by atoms with Gasteiger partial charge in [-0.05, 0) is 37.1 Å². The van der Waals surface area contributed by atoms with Crippen LogP contribution >= 0.6 is 0 Å². The van der Waals surface area contributed by atoms with Crippen molar-refractivity contribution < 1.29 is 17.9 Å². The number of para-hydroxylation sites is 2. The van der Waals surface area contributed by atoms with Crippen LogP contribution in [0, 0.1) is 0 Å². The van der Waals surface area contributed by atoms with Crippen LogP contribution in [0.3, 0.4) is 0 Å². The van der Waals surface area contributed by atoms with Gasteiger partial charge in [-0.15, -0.1) is 0 Å². The second-order valence-electron chi connectivity index (χ2n) is 7.84. The van der Waals surface area contributed by atoms with Crippen molar-refractivity contribution in [3.05, 3.63) is 54.9 Å². The van der Waals surface area contributed by atoms with E-state index in [9.17, 15) is 13.2 Å². The van der Waals surface area contributed by atoms with Gasteiger partial charge in [-0.3, -0.25) is 4.79 Å². The molecular weight excluding hydrogens is 428 g/mol. The van der Waals surface area contributed by atoms with Crippen molar-refractivity contribution >= 4 is 32.5 Å².